The average molecular weight is 263 g/mol. The highest BCUT2D eigenvalue weighted by molar-refractivity contribution is 5.39. The van der Waals surface area contributed by atoms with Crippen LogP contribution in [-0.4, -0.2) is 38.3 Å². The van der Waals surface area contributed by atoms with Crippen molar-refractivity contribution in [3.63, 3.8) is 0 Å². The van der Waals surface area contributed by atoms with Gasteiger partial charge in [0, 0.05) is 32.9 Å². The lowest BCUT2D eigenvalue weighted by Crippen LogP contribution is -2.37. The first-order valence-corrected chi connectivity index (χ1v) is 7.23. The zero-order valence-electron chi connectivity index (χ0n) is 12.1. The Bertz CT molecular complexity index is 364. The summed E-state index contributed by atoms with van der Waals surface area (Å²) < 4.78 is 5.27. The fourth-order valence-electron chi connectivity index (χ4n) is 2.62. The summed E-state index contributed by atoms with van der Waals surface area (Å²) in [4.78, 5) is 6.97. The van der Waals surface area contributed by atoms with E-state index in [0.29, 0.717) is 5.92 Å². The molecule has 1 fully saturated rings. The van der Waals surface area contributed by atoms with Crippen molar-refractivity contribution in [2.75, 3.05) is 38.3 Å². The summed E-state index contributed by atoms with van der Waals surface area (Å²) in [7, 11) is 1.78. The average Bonchev–Trinajstić information content (AvgIpc) is 2.46. The molecule has 2 rings (SSSR count). The summed E-state index contributed by atoms with van der Waals surface area (Å²) in [6, 6.07) is 4.31. The van der Waals surface area contributed by atoms with Gasteiger partial charge in [-0.25, -0.2) is 4.98 Å². The van der Waals surface area contributed by atoms with Crippen LogP contribution >= 0.6 is 0 Å². The third-order valence-corrected chi connectivity index (χ3v) is 3.63. The molecule has 0 aromatic carbocycles. The summed E-state index contributed by atoms with van der Waals surface area (Å²) in [5.74, 6) is 1.74. The maximum absolute atomic E-state index is 5.27. The van der Waals surface area contributed by atoms with Gasteiger partial charge in [0.1, 0.15) is 5.82 Å². The molecule has 0 bridgehead atoms. The molecule has 1 aromatic heterocycles. The molecule has 1 aliphatic heterocycles. The lowest BCUT2D eigenvalue weighted by molar-refractivity contribution is 0.143. The van der Waals surface area contributed by atoms with E-state index in [1.165, 1.54) is 18.4 Å². The number of nitrogens with zero attached hydrogens (tertiary/aromatic N) is 2. The van der Waals surface area contributed by atoms with Crippen LogP contribution in [0.1, 0.15) is 25.3 Å². The Morgan fingerprint density at radius 2 is 2.37 bits per heavy atom. The van der Waals surface area contributed by atoms with Crippen molar-refractivity contribution in [3.05, 3.63) is 23.9 Å². The predicted octanol–water partition coefficient (Wildman–Crippen LogP) is 2.05. The van der Waals surface area contributed by atoms with E-state index >= 15 is 0 Å². The Balaban J connectivity index is 1.93. The Morgan fingerprint density at radius 3 is 3.05 bits per heavy atom. The van der Waals surface area contributed by atoms with E-state index in [9.17, 15) is 0 Å². The van der Waals surface area contributed by atoms with Gasteiger partial charge < -0.3 is 15.0 Å². The summed E-state index contributed by atoms with van der Waals surface area (Å²) in [5, 5.41) is 3.32. The second kappa shape index (κ2) is 7.46. The van der Waals surface area contributed by atoms with E-state index in [4.69, 9.17) is 4.74 Å². The third-order valence-electron chi connectivity index (χ3n) is 3.63. The highest BCUT2D eigenvalue weighted by Gasteiger charge is 2.20. The summed E-state index contributed by atoms with van der Waals surface area (Å²) >= 11 is 0. The van der Waals surface area contributed by atoms with Gasteiger partial charge in [0.15, 0.2) is 0 Å². The van der Waals surface area contributed by atoms with E-state index in [1.807, 2.05) is 6.20 Å². The van der Waals surface area contributed by atoms with Crippen molar-refractivity contribution in [1.82, 2.24) is 10.3 Å². The van der Waals surface area contributed by atoms with Crippen LogP contribution in [0.15, 0.2) is 18.3 Å². The predicted molar refractivity (Wildman–Crippen MR) is 78.4 cm³/mol. The number of aromatic nitrogens is 1. The van der Waals surface area contributed by atoms with Gasteiger partial charge in [-0.1, -0.05) is 13.0 Å². The van der Waals surface area contributed by atoms with E-state index < -0.39 is 0 Å². The van der Waals surface area contributed by atoms with Gasteiger partial charge in [-0.05, 0) is 36.9 Å². The lowest BCUT2D eigenvalue weighted by atomic mass is 9.99. The smallest absolute Gasteiger partial charge is 0.128 e. The van der Waals surface area contributed by atoms with Crippen LogP contribution in [0.3, 0.4) is 0 Å². The zero-order valence-corrected chi connectivity index (χ0v) is 12.1. The van der Waals surface area contributed by atoms with Gasteiger partial charge in [0.05, 0.1) is 6.61 Å². The lowest BCUT2D eigenvalue weighted by Gasteiger charge is -2.33. The van der Waals surface area contributed by atoms with Gasteiger partial charge in [-0.2, -0.15) is 0 Å². The van der Waals surface area contributed by atoms with Gasteiger partial charge in [-0.3, -0.25) is 0 Å². The van der Waals surface area contributed by atoms with Crippen molar-refractivity contribution in [2.24, 2.45) is 5.92 Å². The van der Waals surface area contributed by atoms with Crippen LogP contribution in [0.2, 0.25) is 0 Å². The van der Waals surface area contributed by atoms with Crippen LogP contribution in [0.5, 0.6) is 0 Å². The van der Waals surface area contributed by atoms with Crippen molar-refractivity contribution < 1.29 is 4.74 Å². The molecule has 1 unspecified atom stereocenters. The highest BCUT2D eigenvalue weighted by atomic mass is 16.5. The molecule has 1 aromatic rings. The molecule has 4 heteroatoms. The summed E-state index contributed by atoms with van der Waals surface area (Å²) in [6.07, 6.45) is 4.48. The first kappa shape index (κ1) is 14.3. The second-order valence-electron chi connectivity index (χ2n) is 5.21. The number of methoxy groups -OCH3 is 1. The molecule has 4 nitrogen and oxygen atoms in total. The molecule has 0 radical (unpaired) electrons. The van der Waals surface area contributed by atoms with E-state index in [0.717, 1.165) is 38.6 Å². The minimum Gasteiger partial charge on any atom is -0.384 e. The summed E-state index contributed by atoms with van der Waals surface area (Å²) in [5.41, 5.74) is 1.25. The molecule has 1 saturated heterocycles. The maximum Gasteiger partial charge on any atom is 0.128 e. The number of hydrogen-bond donors (Lipinski definition) is 1. The Kier molecular flexibility index (Phi) is 5.61. The molecule has 0 saturated carbocycles. The number of pyridine rings is 1. The van der Waals surface area contributed by atoms with Crippen molar-refractivity contribution in [1.29, 1.82) is 0 Å². The second-order valence-corrected chi connectivity index (χ2v) is 5.21. The number of anilines is 1. The maximum atomic E-state index is 5.27. The number of ether oxygens (including phenoxy) is 1. The van der Waals surface area contributed by atoms with Gasteiger partial charge in [-0.15, -0.1) is 0 Å². The Labute approximate surface area is 116 Å². The van der Waals surface area contributed by atoms with E-state index in [2.05, 4.69) is 34.3 Å². The number of nitrogens with one attached hydrogen (secondary N) is 1. The standard InChI is InChI=1S/C15H25N3O/c1-3-16-9-13-6-7-15(17-10-13)18-8-4-5-14(11-18)12-19-2/h6-7,10,14,16H,3-5,8-9,11-12H2,1-2H3. The van der Waals surface area contributed by atoms with Crippen LogP contribution in [0, 0.1) is 5.92 Å². The minimum absolute atomic E-state index is 0.641. The van der Waals surface area contributed by atoms with Crippen LogP contribution < -0.4 is 10.2 Å². The molecule has 2 heterocycles. The topological polar surface area (TPSA) is 37.4 Å². The van der Waals surface area contributed by atoms with Crippen LogP contribution in [0.25, 0.3) is 0 Å². The first-order valence-electron chi connectivity index (χ1n) is 7.23. The normalized spacial score (nSPS) is 19.7. The fourth-order valence-corrected chi connectivity index (χ4v) is 2.62. The number of rotatable bonds is 6. The highest BCUT2D eigenvalue weighted by Crippen LogP contribution is 2.21. The molecule has 106 valence electrons. The minimum atomic E-state index is 0.641. The SMILES string of the molecule is CCNCc1ccc(N2CCCC(COC)C2)nc1. The van der Waals surface area contributed by atoms with Crippen molar-refractivity contribution in [2.45, 2.75) is 26.3 Å². The van der Waals surface area contributed by atoms with Gasteiger partial charge >= 0.3 is 0 Å². The molecule has 1 atom stereocenters. The van der Waals surface area contributed by atoms with E-state index in [-0.39, 0.29) is 0 Å². The monoisotopic (exact) mass is 263 g/mol. The quantitative estimate of drug-likeness (QED) is 0.852. The number of hydrogen-bond acceptors (Lipinski definition) is 4. The Hall–Kier alpha value is -1.13. The molecular weight excluding hydrogens is 238 g/mol. The third kappa shape index (κ3) is 4.18. The zero-order chi connectivity index (χ0) is 13.5. The molecule has 0 amide bonds. The van der Waals surface area contributed by atoms with Crippen LogP contribution in [0.4, 0.5) is 5.82 Å². The molecule has 0 spiro atoms. The molecule has 19 heavy (non-hydrogen) atoms. The van der Waals surface area contributed by atoms with Crippen molar-refractivity contribution in [3.8, 4) is 0 Å². The van der Waals surface area contributed by atoms with Crippen molar-refractivity contribution >= 4 is 5.82 Å². The number of piperidine rings is 1. The van der Waals surface area contributed by atoms with E-state index in [1.54, 1.807) is 7.11 Å². The van der Waals surface area contributed by atoms with Gasteiger partial charge in [0.2, 0.25) is 0 Å². The molecule has 1 N–H and O–H groups in total. The first-order chi connectivity index (χ1) is 9.33. The summed E-state index contributed by atoms with van der Waals surface area (Å²) in [6.45, 7) is 7.04. The molecule has 0 aliphatic carbocycles. The fraction of sp³-hybridized carbons (Fsp3) is 0.667. The molecule has 1 aliphatic rings. The van der Waals surface area contributed by atoms with Gasteiger partial charge in [0.25, 0.3) is 0 Å². The molecular formula is C15H25N3O. The largest absolute Gasteiger partial charge is 0.384 e. The van der Waals surface area contributed by atoms with Crippen LogP contribution in [-0.2, 0) is 11.3 Å². The Morgan fingerprint density at radius 1 is 1.47 bits per heavy atom.